The Labute approximate surface area is 160 Å². The summed E-state index contributed by atoms with van der Waals surface area (Å²) in [6.07, 6.45) is 13.8. The zero-order valence-electron chi connectivity index (χ0n) is 15.3. The standard InChI is InChI=1S/C19H27N5O.ClH/c1-24-10-15(21-11-24)5-16(20)18-22-17(23-25-18)9-19-6-12-2-13(7-19)4-14(3-12)8-19;/h10-14,16H,2-9,20H2,1H3;1H. The second-order valence-corrected chi connectivity index (χ2v) is 8.98. The van der Waals surface area contributed by atoms with Crippen LogP contribution in [0.2, 0.25) is 0 Å². The molecule has 2 aromatic heterocycles. The van der Waals surface area contributed by atoms with Gasteiger partial charge in [0.1, 0.15) is 0 Å². The highest BCUT2D eigenvalue weighted by molar-refractivity contribution is 5.85. The second-order valence-electron chi connectivity index (χ2n) is 8.98. The molecule has 2 aromatic rings. The molecular weight excluding hydrogens is 350 g/mol. The van der Waals surface area contributed by atoms with E-state index >= 15 is 0 Å². The molecule has 4 saturated carbocycles. The van der Waals surface area contributed by atoms with Crippen molar-refractivity contribution in [2.45, 2.75) is 57.4 Å². The van der Waals surface area contributed by atoms with Crippen LogP contribution in [0.15, 0.2) is 17.0 Å². The Hall–Kier alpha value is -1.40. The molecule has 1 unspecified atom stereocenters. The highest BCUT2D eigenvalue weighted by atomic mass is 35.5. The Kier molecular flexibility index (Phi) is 4.59. The van der Waals surface area contributed by atoms with E-state index in [2.05, 4.69) is 15.1 Å². The second kappa shape index (κ2) is 6.64. The summed E-state index contributed by atoms with van der Waals surface area (Å²) in [5.41, 5.74) is 7.65. The maximum atomic E-state index is 6.27. The van der Waals surface area contributed by atoms with Gasteiger partial charge in [0, 0.05) is 26.1 Å². The van der Waals surface area contributed by atoms with Gasteiger partial charge in [-0.25, -0.2) is 4.98 Å². The molecule has 26 heavy (non-hydrogen) atoms. The van der Waals surface area contributed by atoms with Gasteiger partial charge in [0.05, 0.1) is 18.1 Å². The van der Waals surface area contributed by atoms with Crippen molar-refractivity contribution in [3.63, 3.8) is 0 Å². The first kappa shape index (κ1) is 18.0. The molecule has 0 spiro atoms. The topological polar surface area (TPSA) is 82.8 Å². The van der Waals surface area contributed by atoms with E-state index in [9.17, 15) is 0 Å². The summed E-state index contributed by atoms with van der Waals surface area (Å²) in [6, 6.07) is -0.285. The lowest BCUT2D eigenvalue weighted by Gasteiger charge is -2.56. The van der Waals surface area contributed by atoms with Crippen molar-refractivity contribution in [1.29, 1.82) is 0 Å². The molecule has 0 aromatic carbocycles. The maximum Gasteiger partial charge on any atom is 0.243 e. The predicted octanol–water partition coefficient (Wildman–Crippen LogP) is 3.23. The molecule has 142 valence electrons. The summed E-state index contributed by atoms with van der Waals surface area (Å²) < 4.78 is 7.42. The van der Waals surface area contributed by atoms with E-state index in [4.69, 9.17) is 10.3 Å². The minimum Gasteiger partial charge on any atom is -0.340 e. The lowest BCUT2D eigenvalue weighted by molar-refractivity contribution is -0.0533. The molecule has 2 N–H and O–H groups in total. The summed E-state index contributed by atoms with van der Waals surface area (Å²) in [6.45, 7) is 0. The number of rotatable bonds is 5. The number of aryl methyl sites for hydroxylation is 1. The normalized spacial score (nSPS) is 33.2. The van der Waals surface area contributed by atoms with Gasteiger partial charge in [0.25, 0.3) is 0 Å². The van der Waals surface area contributed by atoms with Crippen molar-refractivity contribution in [3.05, 3.63) is 29.9 Å². The van der Waals surface area contributed by atoms with Crippen LogP contribution in [0.4, 0.5) is 0 Å². The van der Waals surface area contributed by atoms with Gasteiger partial charge in [0.2, 0.25) is 5.89 Å². The third-order valence-electron chi connectivity index (χ3n) is 6.69. The minimum atomic E-state index is -0.285. The monoisotopic (exact) mass is 377 g/mol. The van der Waals surface area contributed by atoms with Crippen LogP contribution < -0.4 is 5.73 Å². The van der Waals surface area contributed by atoms with Crippen LogP contribution in [0.3, 0.4) is 0 Å². The Bertz CT molecular complexity index is 734. The van der Waals surface area contributed by atoms with Crippen LogP contribution in [-0.4, -0.2) is 19.7 Å². The van der Waals surface area contributed by atoms with E-state index in [1.807, 2.05) is 17.8 Å². The van der Waals surface area contributed by atoms with Gasteiger partial charge in [-0.15, -0.1) is 12.4 Å². The zero-order chi connectivity index (χ0) is 17.0. The summed E-state index contributed by atoms with van der Waals surface area (Å²) in [5.74, 6) is 4.25. The molecule has 4 fully saturated rings. The van der Waals surface area contributed by atoms with Gasteiger partial charge >= 0.3 is 0 Å². The van der Waals surface area contributed by atoms with Crippen molar-refractivity contribution in [2.75, 3.05) is 0 Å². The number of aromatic nitrogens is 4. The van der Waals surface area contributed by atoms with Crippen LogP contribution >= 0.6 is 12.4 Å². The Morgan fingerprint density at radius 2 is 1.88 bits per heavy atom. The van der Waals surface area contributed by atoms with Crippen LogP contribution in [0, 0.1) is 23.2 Å². The first-order valence-electron chi connectivity index (χ1n) is 9.62. The first-order chi connectivity index (χ1) is 12.1. The molecule has 0 radical (unpaired) electrons. The van der Waals surface area contributed by atoms with Gasteiger partial charge in [-0.2, -0.15) is 4.98 Å². The third-order valence-corrected chi connectivity index (χ3v) is 6.69. The van der Waals surface area contributed by atoms with Crippen LogP contribution in [0.1, 0.15) is 62.0 Å². The van der Waals surface area contributed by atoms with E-state index in [1.54, 1.807) is 6.33 Å². The quantitative estimate of drug-likeness (QED) is 0.864. The number of halogens is 1. The van der Waals surface area contributed by atoms with Crippen LogP contribution in [0.25, 0.3) is 0 Å². The number of imidazole rings is 1. The molecule has 6 nitrogen and oxygen atoms in total. The van der Waals surface area contributed by atoms with Crippen LogP contribution in [-0.2, 0) is 19.9 Å². The molecule has 4 aliphatic rings. The highest BCUT2D eigenvalue weighted by Gasteiger charge is 2.51. The molecule has 4 aliphatic carbocycles. The highest BCUT2D eigenvalue weighted by Crippen LogP contribution is 2.60. The average molecular weight is 378 g/mol. The molecule has 1 atom stereocenters. The molecular formula is C19H28ClN5O. The largest absolute Gasteiger partial charge is 0.340 e. The Morgan fingerprint density at radius 1 is 1.23 bits per heavy atom. The molecule has 7 heteroatoms. The van der Waals surface area contributed by atoms with E-state index in [1.165, 1.54) is 38.5 Å². The van der Waals surface area contributed by atoms with Crippen LogP contribution in [0.5, 0.6) is 0 Å². The van der Waals surface area contributed by atoms with E-state index in [0.717, 1.165) is 35.7 Å². The number of nitrogens with two attached hydrogens (primary N) is 1. The maximum absolute atomic E-state index is 6.27. The summed E-state index contributed by atoms with van der Waals surface area (Å²) in [4.78, 5) is 8.98. The van der Waals surface area contributed by atoms with Crippen molar-refractivity contribution in [1.82, 2.24) is 19.7 Å². The molecule has 0 aliphatic heterocycles. The minimum absolute atomic E-state index is 0. The number of hydrogen-bond donors (Lipinski definition) is 1. The smallest absolute Gasteiger partial charge is 0.243 e. The fourth-order valence-electron chi connectivity index (χ4n) is 6.22. The van der Waals surface area contributed by atoms with Crippen molar-refractivity contribution >= 4 is 12.4 Å². The fraction of sp³-hybridized carbons (Fsp3) is 0.737. The summed E-state index contributed by atoms with van der Waals surface area (Å²) >= 11 is 0. The lowest BCUT2D eigenvalue weighted by atomic mass is 9.49. The zero-order valence-corrected chi connectivity index (χ0v) is 16.1. The number of nitrogens with zero attached hydrogens (tertiary/aromatic N) is 4. The summed E-state index contributed by atoms with van der Waals surface area (Å²) in [5, 5.41) is 4.27. The van der Waals surface area contributed by atoms with Crippen molar-refractivity contribution < 1.29 is 4.52 Å². The molecule has 6 rings (SSSR count). The van der Waals surface area contributed by atoms with Crippen molar-refractivity contribution in [3.8, 4) is 0 Å². The molecule has 0 saturated heterocycles. The van der Waals surface area contributed by atoms with Gasteiger partial charge < -0.3 is 14.8 Å². The first-order valence-corrected chi connectivity index (χ1v) is 9.62. The summed E-state index contributed by atoms with van der Waals surface area (Å²) in [7, 11) is 1.96. The third kappa shape index (κ3) is 3.29. The average Bonchev–Trinajstić information content (AvgIpc) is 3.14. The predicted molar refractivity (Wildman–Crippen MR) is 99.7 cm³/mol. The van der Waals surface area contributed by atoms with Gasteiger partial charge in [-0.3, -0.25) is 0 Å². The van der Waals surface area contributed by atoms with E-state index in [-0.39, 0.29) is 18.4 Å². The van der Waals surface area contributed by atoms with E-state index in [0.29, 0.717) is 17.7 Å². The van der Waals surface area contributed by atoms with E-state index < -0.39 is 0 Å². The molecule has 0 amide bonds. The van der Waals surface area contributed by atoms with Gasteiger partial charge in [-0.05, 0) is 61.7 Å². The SMILES string of the molecule is Cl.Cn1cnc(CC(N)c2nc(CC34CC5CC(CC(C5)C3)C4)no2)c1. The lowest BCUT2D eigenvalue weighted by Crippen LogP contribution is -2.47. The van der Waals surface area contributed by atoms with Crippen molar-refractivity contribution in [2.24, 2.45) is 36.0 Å². The molecule has 4 bridgehead atoms. The molecule has 2 heterocycles. The Balaban J connectivity index is 0.00000168. The Morgan fingerprint density at radius 3 is 2.46 bits per heavy atom. The van der Waals surface area contributed by atoms with Gasteiger partial charge in [0.15, 0.2) is 5.82 Å². The number of hydrogen-bond acceptors (Lipinski definition) is 5. The fourth-order valence-corrected chi connectivity index (χ4v) is 6.22. The van der Waals surface area contributed by atoms with Gasteiger partial charge in [-0.1, -0.05) is 5.16 Å².